The summed E-state index contributed by atoms with van der Waals surface area (Å²) in [6.45, 7) is 5.28. The van der Waals surface area contributed by atoms with Crippen molar-refractivity contribution >= 4 is 21.6 Å². The lowest BCUT2D eigenvalue weighted by atomic mass is 10.4. The topological polar surface area (TPSA) is 23.9 Å². The molecule has 0 heterocycles. The molecule has 0 aliphatic heterocycles. The van der Waals surface area contributed by atoms with Gasteiger partial charge in [0.15, 0.2) is 0 Å². The molecule has 0 spiro atoms. The third kappa shape index (κ3) is 5.63. The minimum absolute atomic E-state index is 0.533. The third-order valence-corrected chi connectivity index (χ3v) is 0.779. The first-order valence-electron chi connectivity index (χ1n) is 2.20. The summed E-state index contributed by atoms with van der Waals surface area (Å²) < 4.78 is 0.795. The molecular formula is C6H8BrN. The van der Waals surface area contributed by atoms with E-state index in [1.807, 2.05) is 0 Å². The van der Waals surface area contributed by atoms with E-state index in [1.54, 1.807) is 19.1 Å². The maximum absolute atomic E-state index is 6.94. The lowest BCUT2D eigenvalue weighted by molar-refractivity contribution is 1.50. The molecular weight excluding hydrogens is 166 g/mol. The van der Waals surface area contributed by atoms with Crippen molar-refractivity contribution in [3.05, 3.63) is 23.2 Å². The van der Waals surface area contributed by atoms with E-state index in [-0.39, 0.29) is 0 Å². The first-order chi connectivity index (χ1) is 3.63. The van der Waals surface area contributed by atoms with Crippen LogP contribution in [-0.4, -0.2) is 5.71 Å². The van der Waals surface area contributed by atoms with Crippen LogP contribution in [-0.2, 0) is 0 Å². The Bertz CT molecular complexity index is 119. The Labute approximate surface area is 57.7 Å². The molecule has 8 heavy (non-hydrogen) atoms. The van der Waals surface area contributed by atoms with Crippen molar-refractivity contribution in [2.45, 2.75) is 6.92 Å². The van der Waals surface area contributed by atoms with E-state index in [0.717, 1.165) is 4.48 Å². The molecule has 0 fully saturated rings. The van der Waals surface area contributed by atoms with Crippen molar-refractivity contribution in [1.29, 1.82) is 5.41 Å². The molecule has 0 aliphatic rings. The molecule has 0 aromatic carbocycles. The second kappa shape index (κ2) is 3.61. The summed E-state index contributed by atoms with van der Waals surface area (Å²) in [5, 5.41) is 6.94. The molecule has 0 aliphatic carbocycles. The quantitative estimate of drug-likeness (QED) is 0.491. The number of hydrogen-bond acceptors (Lipinski definition) is 1. The normalized spacial score (nSPS) is 9.75. The largest absolute Gasteiger partial charge is 0.306 e. The van der Waals surface area contributed by atoms with Gasteiger partial charge in [0.2, 0.25) is 0 Å². The van der Waals surface area contributed by atoms with Crippen molar-refractivity contribution in [2.75, 3.05) is 0 Å². The first kappa shape index (κ1) is 7.63. The van der Waals surface area contributed by atoms with Gasteiger partial charge in [0.25, 0.3) is 0 Å². The number of hydrogen-bond donors (Lipinski definition) is 1. The Morgan fingerprint density at radius 2 is 2.12 bits per heavy atom. The molecule has 0 saturated carbocycles. The average Bonchev–Trinajstić information content (AvgIpc) is 1.61. The molecule has 0 unspecified atom stereocenters. The number of halogens is 1. The van der Waals surface area contributed by atoms with Crippen molar-refractivity contribution in [2.24, 2.45) is 0 Å². The van der Waals surface area contributed by atoms with Crippen molar-refractivity contribution in [3.8, 4) is 0 Å². The zero-order valence-electron chi connectivity index (χ0n) is 4.74. The highest BCUT2D eigenvalue weighted by atomic mass is 79.9. The summed E-state index contributed by atoms with van der Waals surface area (Å²) >= 11 is 3.12. The summed E-state index contributed by atoms with van der Waals surface area (Å²) in [6.07, 6.45) is 3.42. The average molecular weight is 174 g/mol. The van der Waals surface area contributed by atoms with Crippen LogP contribution >= 0.6 is 15.9 Å². The van der Waals surface area contributed by atoms with Crippen LogP contribution in [0.15, 0.2) is 23.2 Å². The molecule has 0 atom stereocenters. The van der Waals surface area contributed by atoms with Gasteiger partial charge >= 0.3 is 0 Å². The van der Waals surface area contributed by atoms with E-state index in [2.05, 4.69) is 22.5 Å². The van der Waals surface area contributed by atoms with Gasteiger partial charge in [-0.2, -0.15) is 0 Å². The van der Waals surface area contributed by atoms with E-state index in [0.29, 0.717) is 5.71 Å². The fourth-order valence-corrected chi connectivity index (χ4v) is 0.348. The Morgan fingerprint density at radius 3 is 2.25 bits per heavy atom. The Kier molecular flexibility index (Phi) is 3.44. The summed E-state index contributed by atoms with van der Waals surface area (Å²) in [5.41, 5.74) is 0.533. The van der Waals surface area contributed by atoms with Gasteiger partial charge in [0, 0.05) is 10.2 Å². The van der Waals surface area contributed by atoms with Crippen molar-refractivity contribution in [1.82, 2.24) is 0 Å². The summed E-state index contributed by atoms with van der Waals surface area (Å²) in [4.78, 5) is 0. The number of rotatable bonds is 2. The smallest absolute Gasteiger partial charge is 0.0283 e. The van der Waals surface area contributed by atoms with Crippen molar-refractivity contribution in [3.63, 3.8) is 0 Å². The van der Waals surface area contributed by atoms with E-state index >= 15 is 0 Å². The van der Waals surface area contributed by atoms with Crippen LogP contribution in [0.5, 0.6) is 0 Å². The Hall–Kier alpha value is -0.370. The second-order valence-corrected chi connectivity index (χ2v) is 2.48. The van der Waals surface area contributed by atoms with Gasteiger partial charge in [-0.05, 0) is 19.1 Å². The van der Waals surface area contributed by atoms with Crippen LogP contribution in [0.4, 0.5) is 0 Å². The first-order valence-corrected chi connectivity index (χ1v) is 3.00. The van der Waals surface area contributed by atoms with E-state index in [4.69, 9.17) is 5.41 Å². The van der Waals surface area contributed by atoms with Crippen molar-refractivity contribution < 1.29 is 0 Å². The SMILES string of the molecule is C=C(Br)/C=C\C(C)=N. The highest BCUT2D eigenvalue weighted by molar-refractivity contribution is 9.11. The fourth-order valence-electron chi connectivity index (χ4n) is 0.215. The molecule has 44 valence electrons. The zero-order chi connectivity index (χ0) is 6.57. The minimum atomic E-state index is 0.533. The van der Waals surface area contributed by atoms with Crippen LogP contribution < -0.4 is 0 Å². The minimum Gasteiger partial charge on any atom is -0.306 e. The molecule has 0 radical (unpaired) electrons. The summed E-state index contributed by atoms with van der Waals surface area (Å²) in [5.74, 6) is 0. The Balaban J connectivity index is 3.67. The maximum Gasteiger partial charge on any atom is 0.0283 e. The summed E-state index contributed by atoms with van der Waals surface area (Å²) in [7, 11) is 0. The van der Waals surface area contributed by atoms with Crippen LogP contribution in [0.3, 0.4) is 0 Å². The molecule has 0 rings (SSSR count). The van der Waals surface area contributed by atoms with Crippen LogP contribution in [0, 0.1) is 5.41 Å². The second-order valence-electron chi connectivity index (χ2n) is 1.46. The van der Waals surface area contributed by atoms with E-state index in [9.17, 15) is 0 Å². The van der Waals surface area contributed by atoms with E-state index < -0.39 is 0 Å². The van der Waals surface area contributed by atoms with E-state index in [1.165, 1.54) is 0 Å². The Morgan fingerprint density at radius 1 is 1.62 bits per heavy atom. The molecule has 2 heteroatoms. The van der Waals surface area contributed by atoms with Gasteiger partial charge in [0.1, 0.15) is 0 Å². The molecule has 0 saturated heterocycles. The molecule has 1 N–H and O–H groups in total. The monoisotopic (exact) mass is 173 g/mol. The molecule has 0 aromatic heterocycles. The number of allylic oxidation sites excluding steroid dienone is 3. The third-order valence-electron chi connectivity index (χ3n) is 0.514. The molecule has 1 nitrogen and oxygen atoms in total. The highest BCUT2D eigenvalue weighted by Gasteiger charge is 1.76. The van der Waals surface area contributed by atoms with Gasteiger partial charge in [-0.15, -0.1) is 0 Å². The lowest BCUT2D eigenvalue weighted by Crippen LogP contribution is -1.76. The highest BCUT2D eigenvalue weighted by Crippen LogP contribution is 2.00. The van der Waals surface area contributed by atoms with Crippen LogP contribution in [0.25, 0.3) is 0 Å². The van der Waals surface area contributed by atoms with Crippen LogP contribution in [0.2, 0.25) is 0 Å². The zero-order valence-corrected chi connectivity index (χ0v) is 6.33. The molecule has 0 amide bonds. The predicted octanol–water partition coefficient (Wildman–Crippen LogP) is 2.49. The van der Waals surface area contributed by atoms with Gasteiger partial charge in [0.05, 0.1) is 0 Å². The standard InChI is InChI=1S/C6H8BrN/c1-5(7)3-4-6(2)8/h3-4,8H,1H2,2H3/b4-3-,8-6?. The lowest BCUT2D eigenvalue weighted by Gasteiger charge is -1.80. The van der Waals surface area contributed by atoms with Gasteiger partial charge in [-0.25, -0.2) is 0 Å². The fraction of sp³-hybridized carbons (Fsp3) is 0.167. The van der Waals surface area contributed by atoms with Gasteiger partial charge in [-0.1, -0.05) is 22.5 Å². The maximum atomic E-state index is 6.94. The summed E-state index contributed by atoms with van der Waals surface area (Å²) in [6, 6.07) is 0. The molecule has 0 aromatic rings. The van der Waals surface area contributed by atoms with Crippen LogP contribution in [0.1, 0.15) is 6.92 Å². The van der Waals surface area contributed by atoms with Gasteiger partial charge in [-0.3, -0.25) is 0 Å². The number of nitrogens with one attached hydrogen (secondary N) is 1. The van der Waals surface area contributed by atoms with Gasteiger partial charge < -0.3 is 5.41 Å². The molecule has 0 bridgehead atoms. The predicted molar refractivity (Wildman–Crippen MR) is 40.6 cm³/mol.